The van der Waals surface area contributed by atoms with E-state index in [1.807, 2.05) is 25.1 Å². The fourth-order valence-electron chi connectivity index (χ4n) is 2.67. The number of benzene rings is 2. The SMILES string of the molecule is Cc1cc(NC(=O)c2ccc(CN3C(=O)CCC3=O)cc2)ccc1Br. The molecule has 0 saturated carbocycles. The summed E-state index contributed by atoms with van der Waals surface area (Å²) in [5.41, 5.74) is 3.10. The van der Waals surface area contributed by atoms with Crippen LogP contribution >= 0.6 is 15.9 Å². The summed E-state index contributed by atoms with van der Waals surface area (Å²) >= 11 is 3.43. The maximum Gasteiger partial charge on any atom is 0.255 e. The van der Waals surface area contributed by atoms with Gasteiger partial charge in [0.25, 0.3) is 5.91 Å². The predicted molar refractivity (Wildman–Crippen MR) is 98.1 cm³/mol. The van der Waals surface area contributed by atoms with Crippen molar-refractivity contribution in [3.63, 3.8) is 0 Å². The van der Waals surface area contributed by atoms with Gasteiger partial charge in [-0.15, -0.1) is 0 Å². The Morgan fingerprint density at radius 3 is 2.32 bits per heavy atom. The molecule has 0 atom stereocenters. The molecule has 0 aromatic heterocycles. The highest BCUT2D eigenvalue weighted by Gasteiger charge is 2.28. The molecular weight excluding hydrogens is 384 g/mol. The quantitative estimate of drug-likeness (QED) is 0.796. The molecule has 3 rings (SSSR count). The minimum Gasteiger partial charge on any atom is -0.322 e. The van der Waals surface area contributed by atoms with E-state index in [-0.39, 0.29) is 37.1 Å². The van der Waals surface area contributed by atoms with Crippen molar-refractivity contribution in [3.8, 4) is 0 Å². The van der Waals surface area contributed by atoms with Crippen LogP contribution in [-0.4, -0.2) is 22.6 Å². The lowest BCUT2D eigenvalue weighted by Gasteiger charge is -2.14. The molecule has 0 radical (unpaired) electrons. The highest BCUT2D eigenvalue weighted by Crippen LogP contribution is 2.21. The summed E-state index contributed by atoms with van der Waals surface area (Å²) in [5.74, 6) is -0.489. The smallest absolute Gasteiger partial charge is 0.255 e. The number of carbonyl (C=O) groups excluding carboxylic acids is 3. The van der Waals surface area contributed by atoms with Gasteiger partial charge in [-0.1, -0.05) is 28.1 Å². The van der Waals surface area contributed by atoms with Crippen molar-refractivity contribution < 1.29 is 14.4 Å². The Labute approximate surface area is 154 Å². The van der Waals surface area contributed by atoms with Gasteiger partial charge in [0.2, 0.25) is 11.8 Å². The predicted octanol–water partition coefficient (Wildman–Crippen LogP) is 3.66. The number of halogens is 1. The van der Waals surface area contributed by atoms with E-state index in [9.17, 15) is 14.4 Å². The van der Waals surface area contributed by atoms with Crippen LogP contribution in [0, 0.1) is 6.92 Å². The van der Waals surface area contributed by atoms with Gasteiger partial charge in [-0.3, -0.25) is 19.3 Å². The van der Waals surface area contributed by atoms with E-state index in [1.54, 1.807) is 24.3 Å². The first-order chi connectivity index (χ1) is 11.9. The Bertz CT molecular complexity index is 830. The first kappa shape index (κ1) is 17.4. The van der Waals surface area contributed by atoms with Gasteiger partial charge in [-0.2, -0.15) is 0 Å². The van der Waals surface area contributed by atoms with E-state index < -0.39 is 0 Å². The third-order valence-electron chi connectivity index (χ3n) is 4.13. The van der Waals surface area contributed by atoms with E-state index in [4.69, 9.17) is 0 Å². The summed E-state index contributed by atoms with van der Waals surface area (Å²) in [7, 11) is 0. The molecule has 1 aliphatic rings. The van der Waals surface area contributed by atoms with Crippen LogP contribution in [0.3, 0.4) is 0 Å². The lowest BCUT2D eigenvalue weighted by Crippen LogP contribution is -2.28. The van der Waals surface area contributed by atoms with Crippen molar-refractivity contribution in [1.82, 2.24) is 4.90 Å². The lowest BCUT2D eigenvalue weighted by atomic mass is 10.1. The molecule has 6 heteroatoms. The summed E-state index contributed by atoms with van der Waals surface area (Å²) in [6.45, 7) is 2.21. The molecule has 5 nitrogen and oxygen atoms in total. The van der Waals surface area contributed by atoms with E-state index in [0.29, 0.717) is 5.56 Å². The van der Waals surface area contributed by atoms with Crippen LogP contribution in [0.15, 0.2) is 46.9 Å². The number of hydrogen-bond donors (Lipinski definition) is 1. The maximum absolute atomic E-state index is 12.3. The van der Waals surface area contributed by atoms with Crippen LogP contribution in [0.4, 0.5) is 5.69 Å². The van der Waals surface area contributed by atoms with Gasteiger partial charge in [-0.05, 0) is 48.4 Å². The second kappa shape index (κ2) is 7.19. The average molecular weight is 401 g/mol. The van der Waals surface area contributed by atoms with Gasteiger partial charge in [-0.25, -0.2) is 0 Å². The van der Waals surface area contributed by atoms with Crippen LogP contribution in [0.25, 0.3) is 0 Å². The molecule has 1 aliphatic heterocycles. The number of nitrogens with zero attached hydrogens (tertiary/aromatic N) is 1. The first-order valence-electron chi connectivity index (χ1n) is 7.93. The number of imide groups is 1. The van der Waals surface area contributed by atoms with Crippen LogP contribution < -0.4 is 5.32 Å². The standard InChI is InChI=1S/C19H17BrN2O3/c1-12-10-15(6-7-16(12)20)21-19(25)14-4-2-13(3-5-14)11-22-17(23)8-9-18(22)24/h2-7,10H,8-9,11H2,1H3,(H,21,25). The largest absolute Gasteiger partial charge is 0.322 e. The van der Waals surface area contributed by atoms with Gasteiger partial charge < -0.3 is 5.32 Å². The van der Waals surface area contributed by atoms with Gasteiger partial charge in [0, 0.05) is 28.6 Å². The Morgan fingerprint density at radius 2 is 1.72 bits per heavy atom. The number of likely N-dealkylation sites (tertiary alicyclic amines) is 1. The van der Waals surface area contributed by atoms with Crippen molar-refractivity contribution in [3.05, 3.63) is 63.6 Å². The van der Waals surface area contributed by atoms with Crippen LogP contribution in [0.2, 0.25) is 0 Å². The van der Waals surface area contributed by atoms with Crippen LogP contribution in [0.5, 0.6) is 0 Å². The Kier molecular flexibility index (Phi) is 4.99. The lowest BCUT2D eigenvalue weighted by molar-refractivity contribution is -0.139. The number of aryl methyl sites for hydroxylation is 1. The van der Waals surface area contributed by atoms with Gasteiger partial charge in [0.15, 0.2) is 0 Å². The van der Waals surface area contributed by atoms with Gasteiger partial charge in [0.05, 0.1) is 6.54 Å². The molecule has 1 heterocycles. The molecule has 0 unspecified atom stereocenters. The fourth-order valence-corrected chi connectivity index (χ4v) is 2.92. The summed E-state index contributed by atoms with van der Waals surface area (Å²) in [6, 6.07) is 12.5. The molecule has 1 saturated heterocycles. The van der Waals surface area contributed by atoms with E-state index >= 15 is 0 Å². The molecule has 3 amide bonds. The van der Waals surface area contributed by atoms with E-state index in [2.05, 4.69) is 21.2 Å². The van der Waals surface area contributed by atoms with Crippen molar-refractivity contribution in [2.45, 2.75) is 26.3 Å². The minimum absolute atomic E-state index is 0.141. The number of amides is 3. The fraction of sp³-hybridized carbons (Fsp3) is 0.211. The Morgan fingerprint density at radius 1 is 1.08 bits per heavy atom. The molecular formula is C19H17BrN2O3. The Balaban J connectivity index is 1.67. The molecule has 0 bridgehead atoms. The summed E-state index contributed by atoms with van der Waals surface area (Å²) in [6.07, 6.45) is 0.567. The van der Waals surface area contributed by atoms with Crippen molar-refractivity contribution in [1.29, 1.82) is 0 Å². The number of hydrogen-bond acceptors (Lipinski definition) is 3. The third-order valence-corrected chi connectivity index (χ3v) is 5.02. The van der Waals surface area contributed by atoms with Crippen molar-refractivity contribution >= 4 is 39.3 Å². The highest BCUT2D eigenvalue weighted by molar-refractivity contribution is 9.10. The molecule has 0 spiro atoms. The number of rotatable bonds is 4. The number of anilines is 1. The minimum atomic E-state index is -0.207. The van der Waals surface area contributed by atoms with Crippen molar-refractivity contribution in [2.24, 2.45) is 0 Å². The zero-order valence-electron chi connectivity index (χ0n) is 13.7. The first-order valence-corrected chi connectivity index (χ1v) is 8.73. The summed E-state index contributed by atoms with van der Waals surface area (Å²) < 4.78 is 0.987. The normalized spacial score (nSPS) is 14.1. The zero-order valence-corrected chi connectivity index (χ0v) is 15.3. The molecule has 1 N–H and O–H groups in total. The number of nitrogens with one attached hydrogen (secondary N) is 1. The zero-order chi connectivity index (χ0) is 18.0. The molecule has 0 aliphatic carbocycles. The summed E-state index contributed by atoms with van der Waals surface area (Å²) in [4.78, 5) is 36.9. The highest BCUT2D eigenvalue weighted by atomic mass is 79.9. The molecule has 25 heavy (non-hydrogen) atoms. The van der Waals surface area contributed by atoms with Crippen LogP contribution in [-0.2, 0) is 16.1 Å². The Hall–Kier alpha value is -2.47. The average Bonchev–Trinajstić information content (AvgIpc) is 2.91. The van der Waals surface area contributed by atoms with Crippen molar-refractivity contribution in [2.75, 3.05) is 5.32 Å². The van der Waals surface area contributed by atoms with Gasteiger partial charge in [0.1, 0.15) is 0 Å². The monoisotopic (exact) mass is 400 g/mol. The molecule has 128 valence electrons. The van der Waals surface area contributed by atoms with Crippen LogP contribution in [0.1, 0.15) is 34.3 Å². The third kappa shape index (κ3) is 3.96. The molecule has 2 aromatic rings. The van der Waals surface area contributed by atoms with E-state index in [1.165, 1.54) is 4.90 Å². The maximum atomic E-state index is 12.3. The number of carbonyl (C=O) groups is 3. The summed E-state index contributed by atoms with van der Waals surface area (Å²) in [5, 5.41) is 2.85. The molecule has 1 fully saturated rings. The second-order valence-corrected chi connectivity index (χ2v) is 6.84. The van der Waals surface area contributed by atoms with E-state index in [0.717, 1.165) is 21.3 Å². The van der Waals surface area contributed by atoms with Gasteiger partial charge >= 0.3 is 0 Å². The topological polar surface area (TPSA) is 66.5 Å². The molecule has 2 aromatic carbocycles. The second-order valence-electron chi connectivity index (χ2n) is 5.99.